The smallest absolute Gasteiger partial charge is 0.136 e. The van der Waals surface area contributed by atoms with E-state index in [4.69, 9.17) is 0 Å². The van der Waals surface area contributed by atoms with E-state index in [-0.39, 0.29) is 0 Å². The van der Waals surface area contributed by atoms with Gasteiger partial charge < -0.3 is 9.51 Å². The standard InChI is InChI=1S/C15H23N3O/c1-5-17(11-15(3,4)19)10-13-8-16-14-7-6-12(2)9-18(13)14/h6-9,19H,5,10-11H2,1-4H3. The second-order valence-electron chi connectivity index (χ2n) is 5.80. The number of aryl methyl sites for hydroxylation is 1. The number of fused-ring (bicyclic) bond motifs is 1. The second kappa shape index (κ2) is 5.31. The van der Waals surface area contributed by atoms with Crippen molar-refractivity contribution in [2.24, 2.45) is 0 Å². The maximum absolute atomic E-state index is 9.94. The predicted molar refractivity (Wildman–Crippen MR) is 77.2 cm³/mol. The van der Waals surface area contributed by atoms with Gasteiger partial charge in [0, 0.05) is 19.3 Å². The highest BCUT2D eigenvalue weighted by Crippen LogP contribution is 2.13. The lowest BCUT2D eigenvalue weighted by Crippen LogP contribution is -2.38. The molecule has 0 aliphatic rings. The molecule has 2 rings (SSSR count). The highest BCUT2D eigenvalue weighted by atomic mass is 16.3. The Morgan fingerprint density at radius 2 is 2.11 bits per heavy atom. The van der Waals surface area contributed by atoms with Crippen LogP contribution in [0.4, 0.5) is 0 Å². The van der Waals surface area contributed by atoms with E-state index >= 15 is 0 Å². The van der Waals surface area contributed by atoms with E-state index in [1.165, 1.54) is 5.56 Å². The SMILES string of the molecule is CCN(Cc1cnc2ccc(C)cn12)CC(C)(C)O. The quantitative estimate of drug-likeness (QED) is 0.897. The van der Waals surface area contributed by atoms with Crippen LogP contribution in [-0.4, -0.2) is 38.1 Å². The van der Waals surface area contributed by atoms with Gasteiger partial charge in [0.1, 0.15) is 5.65 Å². The van der Waals surface area contributed by atoms with Gasteiger partial charge in [0.05, 0.1) is 17.5 Å². The van der Waals surface area contributed by atoms with Gasteiger partial charge in [-0.3, -0.25) is 4.90 Å². The molecule has 4 nitrogen and oxygen atoms in total. The van der Waals surface area contributed by atoms with Crippen LogP contribution in [0.15, 0.2) is 24.5 Å². The molecule has 0 spiro atoms. The number of aliphatic hydroxyl groups is 1. The van der Waals surface area contributed by atoms with Crippen molar-refractivity contribution in [2.45, 2.75) is 39.8 Å². The largest absolute Gasteiger partial charge is 0.389 e. The second-order valence-corrected chi connectivity index (χ2v) is 5.80. The topological polar surface area (TPSA) is 40.8 Å². The van der Waals surface area contributed by atoms with Crippen molar-refractivity contribution < 1.29 is 5.11 Å². The van der Waals surface area contributed by atoms with Crippen molar-refractivity contribution in [2.75, 3.05) is 13.1 Å². The molecule has 0 atom stereocenters. The van der Waals surface area contributed by atoms with Crippen LogP contribution in [0.5, 0.6) is 0 Å². The molecular formula is C15H23N3O. The molecule has 0 saturated heterocycles. The first-order chi connectivity index (χ1) is 8.89. The summed E-state index contributed by atoms with van der Waals surface area (Å²) in [4.78, 5) is 6.65. The molecule has 0 bridgehead atoms. The summed E-state index contributed by atoms with van der Waals surface area (Å²) in [5.74, 6) is 0. The number of likely N-dealkylation sites (N-methyl/N-ethyl adjacent to an activating group) is 1. The summed E-state index contributed by atoms with van der Waals surface area (Å²) in [6.07, 6.45) is 4.03. The van der Waals surface area contributed by atoms with Crippen LogP contribution in [0.3, 0.4) is 0 Å². The number of hydrogen-bond acceptors (Lipinski definition) is 3. The van der Waals surface area contributed by atoms with Crippen LogP contribution in [0, 0.1) is 6.92 Å². The van der Waals surface area contributed by atoms with Crippen molar-refractivity contribution in [3.8, 4) is 0 Å². The summed E-state index contributed by atoms with van der Waals surface area (Å²) < 4.78 is 2.13. The Hall–Kier alpha value is -1.39. The summed E-state index contributed by atoms with van der Waals surface area (Å²) >= 11 is 0. The minimum Gasteiger partial charge on any atom is -0.389 e. The Morgan fingerprint density at radius 3 is 2.74 bits per heavy atom. The highest BCUT2D eigenvalue weighted by Gasteiger charge is 2.18. The van der Waals surface area contributed by atoms with Gasteiger partial charge in [-0.25, -0.2) is 4.98 Å². The molecule has 0 aliphatic heterocycles. The number of aromatic nitrogens is 2. The molecule has 2 aromatic heterocycles. The van der Waals surface area contributed by atoms with E-state index < -0.39 is 5.60 Å². The third-order valence-corrected chi connectivity index (χ3v) is 3.17. The third kappa shape index (κ3) is 3.55. The lowest BCUT2D eigenvalue weighted by molar-refractivity contribution is 0.0349. The molecule has 0 aliphatic carbocycles. The van der Waals surface area contributed by atoms with Gasteiger partial charge in [-0.15, -0.1) is 0 Å². The molecule has 0 unspecified atom stereocenters. The average molecular weight is 261 g/mol. The van der Waals surface area contributed by atoms with Gasteiger partial charge in [0.2, 0.25) is 0 Å². The summed E-state index contributed by atoms with van der Waals surface area (Å²) in [7, 11) is 0. The monoisotopic (exact) mass is 261 g/mol. The molecule has 0 saturated carbocycles. The molecule has 2 heterocycles. The van der Waals surface area contributed by atoms with Gasteiger partial charge in [0.25, 0.3) is 0 Å². The van der Waals surface area contributed by atoms with Crippen LogP contribution in [-0.2, 0) is 6.54 Å². The first-order valence-electron chi connectivity index (χ1n) is 6.76. The van der Waals surface area contributed by atoms with Gasteiger partial charge in [-0.1, -0.05) is 13.0 Å². The van der Waals surface area contributed by atoms with Crippen LogP contribution in [0.1, 0.15) is 32.0 Å². The summed E-state index contributed by atoms with van der Waals surface area (Å²) in [5, 5.41) is 9.94. The van der Waals surface area contributed by atoms with E-state index in [9.17, 15) is 5.11 Å². The predicted octanol–water partition coefficient (Wildman–Crippen LogP) is 2.24. The summed E-state index contributed by atoms with van der Waals surface area (Å²) in [6.45, 7) is 10.2. The number of rotatable bonds is 5. The first kappa shape index (κ1) is 14.0. The molecule has 1 N–H and O–H groups in total. The fourth-order valence-corrected chi connectivity index (χ4v) is 2.31. The van der Waals surface area contributed by atoms with E-state index in [1.54, 1.807) is 0 Å². The third-order valence-electron chi connectivity index (χ3n) is 3.17. The molecule has 0 amide bonds. The van der Waals surface area contributed by atoms with Gasteiger partial charge >= 0.3 is 0 Å². The molecule has 0 radical (unpaired) electrons. The van der Waals surface area contributed by atoms with E-state index in [1.807, 2.05) is 26.1 Å². The molecular weight excluding hydrogens is 238 g/mol. The molecule has 19 heavy (non-hydrogen) atoms. The van der Waals surface area contributed by atoms with Crippen LogP contribution < -0.4 is 0 Å². The van der Waals surface area contributed by atoms with E-state index in [0.717, 1.165) is 24.4 Å². The first-order valence-corrected chi connectivity index (χ1v) is 6.76. The fraction of sp³-hybridized carbons (Fsp3) is 0.533. The van der Waals surface area contributed by atoms with Crippen LogP contribution >= 0.6 is 0 Å². The van der Waals surface area contributed by atoms with Crippen LogP contribution in [0.25, 0.3) is 5.65 Å². The molecule has 0 aromatic carbocycles. The number of nitrogens with zero attached hydrogens (tertiary/aromatic N) is 3. The number of hydrogen-bond donors (Lipinski definition) is 1. The molecule has 4 heteroatoms. The van der Waals surface area contributed by atoms with Gasteiger partial charge in [0.15, 0.2) is 0 Å². The Bertz CT molecular complexity index is 554. The van der Waals surface area contributed by atoms with E-state index in [0.29, 0.717) is 6.54 Å². The summed E-state index contributed by atoms with van der Waals surface area (Å²) in [5.41, 5.74) is 2.67. The number of pyridine rings is 1. The van der Waals surface area contributed by atoms with Crippen molar-refractivity contribution in [1.82, 2.24) is 14.3 Å². The fourth-order valence-electron chi connectivity index (χ4n) is 2.31. The zero-order valence-corrected chi connectivity index (χ0v) is 12.2. The Balaban J connectivity index is 2.22. The zero-order valence-electron chi connectivity index (χ0n) is 12.2. The van der Waals surface area contributed by atoms with Crippen molar-refractivity contribution in [1.29, 1.82) is 0 Å². The van der Waals surface area contributed by atoms with Crippen molar-refractivity contribution >= 4 is 5.65 Å². The molecule has 2 aromatic rings. The maximum atomic E-state index is 9.94. The normalized spacial score (nSPS) is 12.5. The molecule has 0 fully saturated rings. The molecule has 104 valence electrons. The Kier molecular flexibility index (Phi) is 3.92. The zero-order chi connectivity index (χ0) is 14.0. The maximum Gasteiger partial charge on any atom is 0.136 e. The Labute approximate surface area is 114 Å². The highest BCUT2D eigenvalue weighted by molar-refractivity contribution is 5.41. The van der Waals surface area contributed by atoms with E-state index in [2.05, 4.69) is 40.4 Å². The lowest BCUT2D eigenvalue weighted by Gasteiger charge is -2.27. The van der Waals surface area contributed by atoms with Crippen molar-refractivity contribution in [3.63, 3.8) is 0 Å². The van der Waals surface area contributed by atoms with Gasteiger partial charge in [-0.2, -0.15) is 0 Å². The Morgan fingerprint density at radius 1 is 1.37 bits per heavy atom. The van der Waals surface area contributed by atoms with Gasteiger partial charge in [-0.05, 0) is 38.9 Å². The average Bonchev–Trinajstić information content (AvgIpc) is 2.69. The minimum absolute atomic E-state index is 0.655. The van der Waals surface area contributed by atoms with Crippen molar-refractivity contribution in [3.05, 3.63) is 35.8 Å². The lowest BCUT2D eigenvalue weighted by atomic mass is 10.1. The number of imidazole rings is 1. The van der Waals surface area contributed by atoms with Crippen LogP contribution in [0.2, 0.25) is 0 Å². The minimum atomic E-state index is -0.674. The summed E-state index contributed by atoms with van der Waals surface area (Å²) in [6, 6.07) is 4.10.